The normalized spacial score (nSPS) is 10.1. The Labute approximate surface area is 117 Å². The number of pyridine rings is 1. The average molecular weight is 280 g/mol. The van der Waals surface area contributed by atoms with Crippen molar-refractivity contribution in [3.8, 4) is 0 Å². The van der Waals surface area contributed by atoms with Gasteiger partial charge in [0.05, 0.1) is 10.5 Å². The summed E-state index contributed by atoms with van der Waals surface area (Å²) in [6.45, 7) is 2.68. The minimum absolute atomic E-state index is 0.192. The zero-order valence-corrected chi connectivity index (χ0v) is 11.8. The maximum atomic E-state index is 12.0. The summed E-state index contributed by atoms with van der Waals surface area (Å²) < 4.78 is 0. The van der Waals surface area contributed by atoms with Gasteiger partial charge < -0.3 is 10.6 Å². The SMILES string of the molecule is CCCCCCNC(=O)c1cc([N+](=O)[O-])cnc1NC. The quantitative estimate of drug-likeness (QED) is 0.433. The predicted octanol–water partition coefficient (Wildman–Crippen LogP) is 2.34. The minimum Gasteiger partial charge on any atom is -0.372 e. The van der Waals surface area contributed by atoms with Gasteiger partial charge in [0.1, 0.15) is 12.0 Å². The minimum atomic E-state index is -0.565. The Morgan fingerprint density at radius 3 is 2.75 bits per heavy atom. The molecule has 1 amide bonds. The van der Waals surface area contributed by atoms with E-state index in [1.807, 2.05) is 0 Å². The first-order chi connectivity index (χ1) is 9.60. The Morgan fingerprint density at radius 2 is 2.15 bits per heavy atom. The highest BCUT2D eigenvalue weighted by atomic mass is 16.6. The standard InChI is InChI=1S/C13H20N4O3/c1-3-4-5-6-7-15-13(18)11-8-10(17(19)20)9-16-12(11)14-2/h8-9H,3-7H2,1-2H3,(H,14,16)(H,15,18). The molecule has 0 aliphatic rings. The van der Waals surface area contributed by atoms with E-state index in [2.05, 4.69) is 22.5 Å². The van der Waals surface area contributed by atoms with Crippen LogP contribution in [0.3, 0.4) is 0 Å². The second-order valence-corrected chi connectivity index (χ2v) is 4.41. The van der Waals surface area contributed by atoms with E-state index < -0.39 is 4.92 Å². The van der Waals surface area contributed by atoms with Crippen LogP contribution in [0.25, 0.3) is 0 Å². The van der Waals surface area contributed by atoms with Crippen molar-refractivity contribution < 1.29 is 9.72 Å². The number of anilines is 1. The number of carbonyl (C=O) groups excluding carboxylic acids is 1. The number of rotatable bonds is 8. The predicted molar refractivity (Wildman–Crippen MR) is 76.9 cm³/mol. The molecule has 7 nitrogen and oxygen atoms in total. The molecular formula is C13H20N4O3. The fourth-order valence-corrected chi connectivity index (χ4v) is 1.77. The van der Waals surface area contributed by atoms with Crippen molar-refractivity contribution in [2.45, 2.75) is 32.6 Å². The van der Waals surface area contributed by atoms with Crippen LogP contribution < -0.4 is 10.6 Å². The van der Waals surface area contributed by atoms with Crippen LogP contribution in [-0.4, -0.2) is 29.4 Å². The smallest absolute Gasteiger partial charge is 0.288 e. The van der Waals surface area contributed by atoms with Gasteiger partial charge in [-0.05, 0) is 6.42 Å². The highest BCUT2D eigenvalue weighted by Crippen LogP contribution is 2.18. The van der Waals surface area contributed by atoms with Gasteiger partial charge in [-0.3, -0.25) is 14.9 Å². The summed E-state index contributed by atoms with van der Waals surface area (Å²) in [5.74, 6) is -0.0105. The second-order valence-electron chi connectivity index (χ2n) is 4.41. The monoisotopic (exact) mass is 280 g/mol. The molecule has 0 radical (unpaired) electrons. The molecule has 0 spiro atoms. The summed E-state index contributed by atoms with van der Waals surface area (Å²) in [5.41, 5.74) is -0.00248. The zero-order valence-electron chi connectivity index (χ0n) is 11.8. The molecule has 1 aromatic rings. The molecule has 0 aliphatic heterocycles. The van der Waals surface area contributed by atoms with E-state index in [1.165, 1.54) is 6.07 Å². The van der Waals surface area contributed by atoms with Crippen LogP contribution in [0, 0.1) is 10.1 Å². The Balaban J connectivity index is 2.70. The highest BCUT2D eigenvalue weighted by molar-refractivity contribution is 5.99. The maximum absolute atomic E-state index is 12.0. The molecule has 20 heavy (non-hydrogen) atoms. The van der Waals surface area contributed by atoms with Gasteiger partial charge in [0, 0.05) is 19.7 Å². The fourth-order valence-electron chi connectivity index (χ4n) is 1.77. The number of carbonyl (C=O) groups is 1. The molecule has 0 saturated carbocycles. The van der Waals surface area contributed by atoms with Crippen LogP contribution in [0.15, 0.2) is 12.3 Å². The fraction of sp³-hybridized carbons (Fsp3) is 0.538. The molecule has 1 rings (SSSR count). The molecule has 1 aromatic heterocycles. The van der Waals surface area contributed by atoms with E-state index in [4.69, 9.17) is 0 Å². The van der Waals surface area contributed by atoms with Crippen molar-refractivity contribution >= 4 is 17.4 Å². The van der Waals surface area contributed by atoms with Gasteiger partial charge in [0.25, 0.3) is 11.6 Å². The molecule has 0 atom stereocenters. The number of nitrogens with zero attached hydrogens (tertiary/aromatic N) is 2. The van der Waals surface area contributed by atoms with Crippen molar-refractivity contribution in [1.29, 1.82) is 0 Å². The van der Waals surface area contributed by atoms with Crippen LogP contribution in [0.5, 0.6) is 0 Å². The Bertz CT molecular complexity index is 477. The molecule has 0 bridgehead atoms. The van der Waals surface area contributed by atoms with Gasteiger partial charge in [0.2, 0.25) is 0 Å². The van der Waals surface area contributed by atoms with E-state index in [1.54, 1.807) is 7.05 Å². The first kappa shape index (κ1) is 15.9. The van der Waals surface area contributed by atoms with E-state index in [-0.39, 0.29) is 17.2 Å². The number of amides is 1. The molecule has 0 saturated heterocycles. The van der Waals surface area contributed by atoms with Gasteiger partial charge in [-0.15, -0.1) is 0 Å². The Morgan fingerprint density at radius 1 is 1.40 bits per heavy atom. The van der Waals surface area contributed by atoms with Gasteiger partial charge in [-0.25, -0.2) is 4.98 Å². The molecule has 0 aromatic carbocycles. The van der Waals surface area contributed by atoms with Crippen molar-refractivity contribution in [3.05, 3.63) is 27.9 Å². The number of nitrogens with one attached hydrogen (secondary N) is 2. The first-order valence-electron chi connectivity index (χ1n) is 6.70. The van der Waals surface area contributed by atoms with Gasteiger partial charge in [-0.1, -0.05) is 26.2 Å². The lowest BCUT2D eigenvalue weighted by Gasteiger charge is -2.08. The zero-order chi connectivity index (χ0) is 15.0. The number of aromatic nitrogens is 1. The molecule has 7 heteroatoms. The van der Waals surface area contributed by atoms with Crippen LogP contribution in [0.2, 0.25) is 0 Å². The Kier molecular flexibility index (Phi) is 6.42. The van der Waals surface area contributed by atoms with Crippen LogP contribution in [0.4, 0.5) is 11.5 Å². The van der Waals surface area contributed by atoms with Crippen LogP contribution in [0.1, 0.15) is 43.0 Å². The van der Waals surface area contributed by atoms with Gasteiger partial charge in [-0.2, -0.15) is 0 Å². The summed E-state index contributed by atoms with van der Waals surface area (Å²) in [5, 5.41) is 16.2. The maximum Gasteiger partial charge on any atom is 0.288 e. The van der Waals surface area contributed by atoms with Crippen LogP contribution >= 0.6 is 0 Å². The third-order valence-electron chi connectivity index (χ3n) is 2.88. The van der Waals surface area contributed by atoms with Gasteiger partial charge in [0.15, 0.2) is 0 Å². The van der Waals surface area contributed by atoms with Crippen LogP contribution in [-0.2, 0) is 0 Å². The molecular weight excluding hydrogens is 260 g/mol. The topological polar surface area (TPSA) is 97.2 Å². The van der Waals surface area contributed by atoms with Crippen molar-refractivity contribution in [3.63, 3.8) is 0 Å². The van der Waals surface area contributed by atoms with E-state index >= 15 is 0 Å². The Hall–Kier alpha value is -2.18. The van der Waals surface area contributed by atoms with E-state index in [0.717, 1.165) is 31.9 Å². The molecule has 0 unspecified atom stereocenters. The molecule has 110 valence electrons. The lowest BCUT2D eigenvalue weighted by molar-refractivity contribution is -0.385. The number of hydrogen-bond donors (Lipinski definition) is 2. The number of hydrogen-bond acceptors (Lipinski definition) is 5. The van der Waals surface area contributed by atoms with Crippen molar-refractivity contribution in [2.24, 2.45) is 0 Å². The van der Waals surface area contributed by atoms with Gasteiger partial charge >= 0.3 is 0 Å². The molecule has 1 heterocycles. The average Bonchev–Trinajstić information content (AvgIpc) is 2.46. The summed E-state index contributed by atoms with van der Waals surface area (Å²) in [6, 6.07) is 1.24. The molecule has 0 aliphatic carbocycles. The second kappa shape index (κ2) is 8.08. The summed E-state index contributed by atoms with van der Waals surface area (Å²) >= 11 is 0. The largest absolute Gasteiger partial charge is 0.372 e. The summed E-state index contributed by atoms with van der Waals surface area (Å²) in [6.07, 6.45) is 5.35. The van der Waals surface area contributed by atoms with E-state index in [0.29, 0.717) is 12.4 Å². The number of unbranched alkanes of at least 4 members (excludes halogenated alkanes) is 3. The first-order valence-corrected chi connectivity index (χ1v) is 6.70. The third kappa shape index (κ3) is 4.49. The number of nitro groups is 1. The third-order valence-corrected chi connectivity index (χ3v) is 2.88. The lowest BCUT2D eigenvalue weighted by atomic mass is 10.2. The molecule has 2 N–H and O–H groups in total. The summed E-state index contributed by atoms with van der Waals surface area (Å²) in [4.78, 5) is 26.1. The molecule has 0 fully saturated rings. The van der Waals surface area contributed by atoms with E-state index in [9.17, 15) is 14.9 Å². The lowest BCUT2D eigenvalue weighted by Crippen LogP contribution is -2.25. The van der Waals surface area contributed by atoms with Crippen molar-refractivity contribution in [1.82, 2.24) is 10.3 Å². The highest BCUT2D eigenvalue weighted by Gasteiger charge is 2.17. The van der Waals surface area contributed by atoms with Crippen molar-refractivity contribution in [2.75, 3.05) is 18.9 Å². The summed E-state index contributed by atoms with van der Waals surface area (Å²) in [7, 11) is 1.62.